The van der Waals surface area contributed by atoms with Crippen molar-refractivity contribution in [3.05, 3.63) is 27.4 Å². The van der Waals surface area contributed by atoms with Crippen molar-refractivity contribution >= 4 is 17.3 Å². The Morgan fingerprint density at radius 3 is 2.64 bits per heavy atom. The molecule has 0 atom stereocenters. The molecule has 14 heavy (non-hydrogen) atoms. The van der Waals surface area contributed by atoms with Crippen LogP contribution in [0.1, 0.15) is 13.8 Å². The minimum absolute atomic E-state index is 0.0416. The number of hydrogen-bond acceptors (Lipinski definition) is 4. The van der Waals surface area contributed by atoms with Crippen LogP contribution in [0.15, 0.2) is 12.1 Å². The van der Waals surface area contributed by atoms with E-state index in [0.717, 1.165) is 0 Å². The molecular weight excluding hydrogens is 208 g/mol. The smallest absolute Gasteiger partial charge is 0.306 e. The monoisotopic (exact) mass is 216 g/mol. The van der Waals surface area contributed by atoms with Gasteiger partial charge in [-0.05, 0) is 13.8 Å². The molecule has 0 aliphatic rings. The summed E-state index contributed by atoms with van der Waals surface area (Å²) in [5.74, 6) is 0.288. The van der Waals surface area contributed by atoms with Gasteiger partial charge in [-0.3, -0.25) is 10.1 Å². The van der Waals surface area contributed by atoms with Crippen molar-refractivity contribution in [2.24, 2.45) is 0 Å². The Hall–Kier alpha value is -1.36. The molecule has 0 aliphatic heterocycles. The number of halogens is 1. The first-order valence-electron chi connectivity index (χ1n) is 3.98. The molecule has 0 saturated heterocycles. The second-order valence-corrected chi connectivity index (χ2v) is 3.24. The van der Waals surface area contributed by atoms with E-state index in [2.05, 4.69) is 4.98 Å². The van der Waals surface area contributed by atoms with Gasteiger partial charge in [0, 0.05) is 12.1 Å². The van der Waals surface area contributed by atoms with Crippen molar-refractivity contribution in [3.8, 4) is 5.88 Å². The summed E-state index contributed by atoms with van der Waals surface area (Å²) in [7, 11) is 0. The Morgan fingerprint density at radius 1 is 1.57 bits per heavy atom. The minimum Gasteiger partial charge on any atom is -0.475 e. The van der Waals surface area contributed by atoms with Crippen LogP contribution in [0.4, 0.5) is 5.69 Å². The lowest BCUT2D eigenvalue weighted by Gasteiger charge is -2.07. The number of hydrogen-bond donors (Lipinski definition) is 0. The van der Waals surface area contributed by atoms with E-state index in [-0.39, 0.29) is 22.8 Å². The summed E-state index contributed by atoms with van der Waals surface area (Å²) in [6, 6.07) is 2.69. The fourth-order valence-electron chi connectivity index (χ4n) is 0.854. The average Bonchev–Trinajstić information content (AvgIpc) is 2.01. The van der Waals surface area contributed by atoms with Crippen LogP contribution in [-0.4, -0.2) is 16.0 Å². The maximum Gasteiger partial charge on any atom is 0.306 e. The quantitative estimate of drug-likeness (QED) is 0.442. The second-order valence-electron chi connectivity index (χ2n) is 2.88. The van der Waals surface area contributed by atoms with E-state index < -0.39 is 4.92 Å². The molecule has 0 unspecified atom stereocenters. The van der Waals surface area contributed by atoms with Crippen LogP contribution in [0.2, 0.25) is 5.15 Å². The van der Waals surface area contributed by atoms with Crippen LogP contribution in [0, 0.1) is 10.1 Å². The molecule has 1 heterocycles. The molecule has 1 aromatic rings. The Balaban J connectivity index is 2.94. The summed E-state index contributed by atoms with van der Waals surface area (Å²) < 4.78 is 5.21. The fourth-order valence-corrected chi connectivity index (χ4v) is 1.07. The largest absolute Gasteiger partial charge is 0.475 e. The van der Waals surface area contributed by atoms with Crippen LogP contribution in [0.5, 0.6) is 5.88 Å². The van der Waals surface area contributed by atoms with E-state index in [0.29, 0.717) is 0 Å². The molecule has 0 fully saturated rings. The van der Waals surface area contributed by atoms with Crippen LogP contribution < -0.4 is 4.74 Å². The summed E-state index contributed by atoms with van der Waals surface area (Å²) in [6.07, 6.45) is -0.0416. The van der Waals surface area contributed by atoms with Crippen molar-refractivity contribution in [1.29, 1.82) is 0 Å². The lowest BCUT2D eigenvalue weighted by Crippen LogP contribution is -2.07. The van der Waals surface area contributed by atoms with Gasteiger partial charge in [0.2, 0.25) is 11.0 Å². The number of aromatic nitrogens is 1. The highest BCUT2D eigenvalue weighted by atomic mass is 35.5. The summed E-state index contributed by atoms with van der Waals surface area (Å²) >= 11 is 5.58. The molecule has 0 aliphatic carbocycles. The van der Waals surface area contributed by atoms with Gasteiger partial charge < -0.3 is 4.74 Å². The number of ether oxygens (including phenoxy) is 1. The van der Waals surface area contributed by atoms with Crippen LogP contribution >= 0.6 is 11.6 Å². The zero-order valence-corrected chi connectivity index (χ0v) is 8.49. The molecule has 6 heteroatoms. The van der Waals surface area contributed by atoms with E-state index in [9.17, 15) is 10.1 Å². The van der Waals surface area contributed by atoms with Gasteiger partial charge in [0.15, 0.2) is 0 Å². The predicted octanol–water partition coefficient (Wildman–Crippen LogP) is 2.43. The maximum absolute atomic E-state index is 10.4. The zero-order valence-electron chi connectivity index (χ0n) is 7.73. The molecule has 0 radical (unpaired) electrons. The molecule has 0 spiro atoms. The van der Waals surface area contributed by atoms with Crippen LogP contribution in [0.3, 0.4) is 0 Å². The van der Waals surface area contributed by atoms with Gasteiger partial charge >= 0.3 is 5.69 Å². The fraction of sp³-hybridized carbons (Fsp3) is 0.375. The summed E-state index contributed by atoms with van der Waals surface area (Å²) in [5, 5.41) is 10.2. The normalized spacial score (nSPS) is 10.3. The lowest BCUT2D eigenvalue weighted by atomic mass is 10.4. The third kappa shape index (κ3) is 2.56. The van der Waals surface area contributed by atoms with Gasteiger partial charge in [0.05, 0.1) is 11.0 Å². The first-order chi connectivity index (χ1) is 6.50. The first-order valence-corrected chi connectivity index (χ1v) is 4.36. The Bertz CT molecular complexity index is 354. The van der Waals surface area contributed by atoms with Crippen molar-refractivity contribution in [3.63, 3.8) is 0 Å². The van der Waals surface area contributed by atoms with E-state index in [1.54, 1.807) is 0 Å². The lowest BCUT2D eigenvalue weighted by molar-refractivity contribution is -0.385. The third-order valence-electron chi connectivity index (χ3n) is 1.36. The van der Waals surface area contributed by atoms with Crippen molar-refractivity contribution in [2.75, 3.05) is 0 Å². The van der Waals surface area contributed by atoms with E-state index >= 15 is 0 Å². The standard InChI is InChI=1S/C8H9ClN2O3/c1-5(2)14-7-4-3-6(11(12)13)8(9)10-7/h3-5H,1-2H3. The molecule has 1 aromatic heterocycles. The van der Waals surface area contributed by atoms with Gasteiger partial charge in [0.1, 0.15) is 0 Å². The Morgan fingerprint density at radius 2 is 2.21 bits per heavy atom. The maximum atomic E-state index is 10.4. The van der Waals surface area contributed by atoms with E-state index in [4.69, 9.17) is 16.3 Å². The van der Waals surface area contributed by atoms with Crippen molar-refractivity contribution in [1.82, 2.24) is 4.98 Å². The number of rotatable bonds is 3. The summed E-state index contributed by atoms with van der Waals surface area (Å²) in [6.45, 7) is 3.66. The highest BCUT2D eigenvalue weighted by molar-refractivity contribution is 6.31. The van der Waals surface area contributed by atoms with Gasteiger partial charge in [-0.2, -0.15) is 4.98 Å². The van der Waals surface area contributed by atoms with Gasteiger partial charge in [-0.25, -0.2) is 0 Å². The summed E-state index contributed by atoms with van der Waals surface area (Å²) in [4.78, 5) is 13.5. The highest BCUT2D eigenvalue weighted by Gasteiger charge is 2.14. The number of nitro groups is 1. The Labute approximate surface area is 85.8 Å². The predicted molar refractivity (Wildman–Crippen MR) is 51.7 cm³/mol. The molecule has 76 valence electrons. The molecule has 0 N–H and O–H groups in total. The zero-order chi connectivity index (χ0) is 10.7. The number of pyridine rings is 1. The van der Waals surface area contributed by atoms with E-state index in [1.165, 1.54) is 12.1 Å². The number of nitrogens with zero attached hydrogens (tertiary/aromatic N) is 2. The molecule has 0 bridgehead atoms. The first kappa shape index (κ1) is 10.7. The average molecular weight is 217 g/mol. The van der Waals surface area contributed by atoms with Crippen LogP contribution in [0.25, 0.3) is 0 Å². The molecule has 1 rings (SSSR count). The van der Waals surface area contributed by atoms with Gasteiger partial charge in [-0.15, -0.1) is 0 Å². The summed E-state index contributed by atoms with van der Waals surface area (Å²) in [5.41, 5.74) is -0.220. The van der Waals surface area contributed by atoms with Gasteiger partial charge in [0.25, 0.3) is 0 Å². The highest BCUT2D eigenvalue weighted by Crippen LogP contribution is 2.24. The van der Waals surface area contributed by atoms with E-state index in [1.807, 2.05) is 13.8 Å². The van der Waals surface area contributed by atoms with Crippen molar-refractivity contribution in [2.45, 2.75) is 20.0 Å². The molecule has 0 amide bonds. The minimum atomic E-state index is -0.589. The molecular formula is C8H9ClN2O3. The topological polar surface area (TPSA) is 65.3 Å². The van der Waals surface area contributed by atoms with Crippen LogP contribution in [-0.2, 0) is 0 Å². The Kier molecular flexibility index (Phi) is 3.24. The SMILES string of the molecule is CC(C)Oc1ccc([N+](=O)[O-])c(Cl)n1. The second kappa shape index (κ2) is 4.23. The third-order valence-corrected chi connectivity index (χ3v) is 1.63. The molecule has 5 nitrogen and oxygen atoms in total. The van der Waals surface area contributed by atoms with Crippen molar-refractivity contribution < 1.29 is 9.66 Å². The molecule has 0 aromatic carbocycles. The molecule has 0 saturated carbocycles. The van der Waals surface area contributed by atoms with Gasteiger partial charge in [-0.1, -0.05) is 11.6 Å².